The minimum Gasteiger partial charge on any atom is -0.394 e. The van der Waals surface area contributed by atoms with Gasteiger partial charge in [-0.15, -0.1) is 0 Å². The molecule has 0 aromatic heterocycles. The minimum atomic E-state index is -0.197. The zero-order chi connectivity index (χ0) is 12.2. The number of rotatable bonds is 8. The van der Waals surface area contributed by atoms with Crippen molar-refractivity contribution in [2.75, 3.05) is 19.8 Å². The molecule has 1 aliphatic rings. The maximum absolute atomic E-state index is 9.63. The first kappa shape index (κ1) is 13.9. The highest BCUT2D eigenvalue weighted by atomic mass is 16.5. The van der Waals surface area contributed by atoms with Crippen LogP contribution < -0.4 is 5.32 Å². The molecule has 1 aliphatic carbocycles. The summed E-state index contributed by atoms with van der Waals surface area (Å²) in [5.41, 5.74) is -0.197. The van der Waals surface area contributed by atoms with E-state index in [1.54, 1.807) is 0 Å². The Kier molecular flexibility index (Phi) is 5.22. The summed E-state index contributed by atoms with van der Waals surface area (Å²) in [6.07, 6.45) is 2.68. The van der Waals surface area contributed by atoms with Crippen LogP contribution in [0.15, 0.2) is 0 Å². The average molecular weight is 229 g/mol. The lowest BCUT2D eigenvalue weighted by atomic mass is 9.95. The first-order chi connectivity index (χ1) is 7.55. The maximum atomic E-state index is 9.63. The molecule has 0 amide bonds. The van der Waals surface area contributed by atoms with Crippen molar-refractivity contribution in [3.05, 3.63) is 0 Å². The molecule has 3 nitrogen and oxygen atoms in total. The molecule has 0 aromatic carbocycles. The Labute approximate surface area is 99.6 Å². The molecule has 0 spiro atoms. The van der Waals surface area contributed by atoms with Gasteiger partial charge in [-0.25, -0.2) is 0 Å². The second kappa shape index (κ2) is 5.99. The van der Waals surface area contributed by atoms with Crippen LogP contribution in [0.5, 0.6) is 0 Å². The number of ether oxygens (including phenoxy) is 1. The van der Waals surface area contributed by atoms with E-state index in [0.717, 1.165) is 6.54 Å². The summed E-state index contributed by atoms with van der Waals surface area (Å²) in [5, 5.41) is 13.1. The van der Waals surface area contributed by atoms with Crippen molar-refractivity contribution < 1.29 is 9.84 Å². The van der Waals surface area contributed by atoms with Gasteiger partial charge >= 0.3 is 0 Å². The normalized spacial score (nSPS) is 22.1. The lowest BCUT2D eigenvalue weighted by Crippen LogP contribution is -2.54. The number of aliphatic hydroxyl groups is 1. The van der Waals surface area contributed by atoms with Gasteiger partial charge in [0.15, 0.2) is 0 Å². The van der Waals surface area contributed by atoms with Crippen molar-refractivity contribution in [3.8, 4) is 0 Å². The average Bonchev–Trinajstić information content (AvgIpc) is 3.07. The van der Waals surface area contributed by atoms with E-state index in [1.165, 1.54) is 12.8 Å². The summed E-state index contributed by atoms with van der Waals surface area (Å²) >= 11 is 0. The van der Waals surface area contributed by atoms with Crippen LogP contribution >= 0.6 is 0 Å². The fraction of sp³-hybridized carbons (Fsp3) is 1.00. The molecule has 16 heavy (non-hydrogen) atoms. The Morgan fingerprint density at radius 2 is 2.00 bits per heavy atom. The number of hydrogen-bond acceptors (Lipinski definition) is 3. The predicted molar refractivity (Wildman–Crippen MR) is 66.5 cm³/mol. The van der Waals surface area contributed by atoms with Gasteiger partial charge in [0.2, 0.25) is 0 Å². The van der Waals surface area contributed by atoms with Crippen molar-refractivity contribution in [3.63, 3.8) is 0 Å². The summed E-state index contributed by atoms with van der Waals surface area (Å²) in [5.74, 6) is 1.12. The van der Waals surface area contributed by atoms with E-state index in [0.29, 0.717) is 18.4 Å². The van der Waals surface area contributed by atoms with Crippen LogP contribution in [-0.4, -0.2) is 36.5 Å². The van der Waals surface area contributed by atoms with Gasteiger partial charge in [0.25, 0.3) is 0 Å². The number of nitrogens with one attached hydrogen (secondary N) is 1. The summed E-state index contributed by atoms with van der Waals surface area (Å²) < 4.78 is 5.89. The largest absolute Gasteiger partial charge is 0.394 e. The third-order valence-electron chi connectivity index (χ3n) is 3.71. The van der Waals surface area contributed by atoms with E-state index in [2.05, 4.69) is 33.0 Å². The van der Waals surface area contributed by atoms with Crippen molar-refractivity contribution in [2.45, 2.75) is 52.2 Å². The van der Waals surface area contributed by atoms with E-state index in [9.17, 15) is 5.11 Å². The second-order valence-corrected chi connectivity index (χ2v) is 5.38. The first-order valence-corrected chi connectivity index (χ1v) is 6.53. The Morgan fingerprint density at radius 3 is 2.38 bits per heavy atom. The molecule has 0 heterocycles. The van der Waals surface area contributed by atoms with Crippen LogP contribution in [0.25, 0.3) is 0 Å². The molecule has 3 heteroatoms. The van der Waals surface area contributed by atoms with E-state index in [4.69, 9.17) is 4.74 Å². The minimum absolute atomic E-state index is 0.177. The molecule has 0 bridgehead atoms. The zero-order valence-electron chi connectivity index (χ0n) is 11.1. The van der Waals surface area contributed by atoms with E-state index in [-0.39, 0.29) is 18.2 Å². The van der Waals surface area contributed by atoms with Crippen LogP contribution in [-0.2, 0) is 4.74 Å². The molecular formula is C13H27NO2. The lowest BCUT2D eigenvalue weighted by Gasteiger charge is -2.34. The third-order valence-corrected chi connectivity index (χ3v) is 3.71. The van der Waals surface area contributed by atoms with Gasteiger partial charge in [-0.2, -0.15) is 0 Å². The standard InChI is InChI=1S/C13H27NO2/c1-5-14-13(8-15,12-6-7-12)9-16-11(4)10(2)3/h10-12,14-15H,5-9H2,1-4H3. The van der Waals surface area contributed by atoms with Gasteiger partial charge in [-0.05, 0) is 38.1 Å². The van der Waals surface area contributed by atoms with Crippen LogP contribution in [0.3, 0.4) is 0 Å². The Balaban J connectivity index is 2.49. The van der Waals surface area contributed by atoms with Crippen molar-refractivity contribution in [1.29, 1.82) is 0 Å². The number of likely N-dealkylation sites (N-methyl/N-ethyl adjacent to an activating group) is 1. The molecule has 1 fully saturated rings. The summed E-state index contributed by atoms with van der Waals surface area (Å²) in [7, 11) is 0. The molecule has 0 aliphatic heterocycles. The van der Waals surface area contributed by atoms with E-state index >= 15 is 0 Å². The summed E-state index contributed by atoms with van der Waals surface area (Å²) in [6.45, 7) is 10.2. The van der Waals surface area contributed by atoms with Gasteiger partial charge in [-0.1, -0.05) is 20.8 Å². The molecule has 0 saturated heterocycles. The third kappa shape index (κ3) is 3.44. The Bertz CT molecular complexity index is 204. The Hall–Kier alpha value is -0.120. The molecule has 2 atom stereocenters. The van der Waals surface area contributed by atoms with Gasteiger partial charge in [-0.3, -0.25) is 0 Å². The molecule has 0 radical (unpaired) electrons. The molecule has 2 unspecified atom stereocenters. The predicted octanol–water partition coefficient (Wildman–Crippen LogP) is 1.80. The van der Waals surface area contributed by atoms with Gasteiger partial charge in [0, 0.05) is 0 Å². The topological polar surface area (TPSA) is 41.5 Å². The first-order valence-electron chi connectivity index (χ1n) is 6.53. The number of hydrogen-bond donors (Lipinski definition) is 2. The maximum Gasteiger partial charge on any atom is 0.0679 e. The number of aliphatic hydroxyl groups excluding tert-OH is 1. The highest BCUT2D eigenvalue weighted by Gasteiger charge is 2.44. The van der Waals surface area contributed by atoms with Crippen LogP contribution in [0.1, 0.15) is 40.5 Å². The quantitative estimate of drug-likeness (QED) is 0.667. The van der Waals surface area contributed by atoms with Crippen molar-refractivity contribution in [2.24, 2.45) is 11.8 Å². The zero-order valence-corrected chi connectivity index (χ0v) is 11.1. The van der Waals surface area contributed by atoms with E-state index in [1.807, 2.05) is 0 Å². The lowest BCUT2D eigenvalue weighted by molar-refractivity contribution is -0.0273. The van der Waals surface area contributed by atoms with Gasteiger partial charge < -0.3 is 15.2 Å². The summed E-state index contributed by atoms with van der Waals surface area (Å²) in [6, 6.07) is 0. The molecule has 0 aromatic rings. The highest BCUT2D eigenvalue weighted by Crippen LogP contribution is 2.40. The van der Waals surface area contributed by atoms with Crippen LogP contribution in [0.4, 0.5) is 0 Å². The molecule has 1 rings (SSSR count). The van der Waals surface area contributed by atoms with Gasteiger partial charge in [0.05, 0.1) is 24.9 Å². The van der Waals surface area contributed by atoms with Crippen molar-refractivity contribution in [1.82, 2.24) is 5.32 Å². The summed E-state index contributed by atoms with van der Waals surface area (Å²) in [4.78, 5) is 0. The van der Waals surface area contributed by atoms with Crippen LogP contribution in [0, 0.1) is 11.8 Å². The fourth-order valence-electron chi connectivity index (χ4n) is 2.00. The SMILES string of the molecule is CCNC(CO)(COC(C)C(C)C)C1CC1. The molecule has 2 N–H and O–H groups in total. The molecular weight excluding hydrogens is 202 g/mol. The highest BCUT2D eigenvalue weighted by molar-refractivity contribution is 5.00. The van der Waals surface area contributed by atoms with Gasteiger partial charge in [0.1, 0.15) is 0 Å². The van der Waals surface area contributed by atoms with Crippen LogP contribution in [0.2, 0.25) is 0 Å². The Morgan fingerprint density at radius 1 is 1.38 bits per heavy atom. The monoisotopic (exact) mass is 229 g/mol. The van der Waals surface area contributed by atoms with Crippen molar-refractivity contribution >= 4 is 0 Å². The smallest absolute Gasteiger partial charge is 0.0679 e. The molecule has 1 saturated carbocycles. The second-order valence-electron chi connectivity index (χ2n) is 5.38. The van der Waals surface area contributed by atoms with E-state index < -0.39 is 0 Å². The molecule has 96 valence electrons. The fourth-order valence-corrected chi connectivity index (χ4v) is 2.00.